The molecule has 4 heteroatoms. The second kappa shape index (κ2) is 4.38. The number of rotatable bonds is 1. The van der Waals surface area contributed by atoms with Crippen LogP contribution in [0.4, 0.5) is 13.2 Å². The van der Waals surface area contributed by atoms with Gasteiger partial charge in [-0.1, -0.05) is 30.3 Å². The van der Waals surface area contributed by atoms with E-state index >= 15 is 0 Å². The van der Waals surface area contributed by atoms with Gasteiger partial charge in [-0.15, -0.1) is 11.3 Å². The quantitative estimate of drug-likeness (QED) is 0.544. The van der Waals surface area contributed by atoms with E-state index in [2.05, 4.69) is 0 Å². The van der Waals surface area contributed by atoms with Crippen molar-refractivity contribution in [1.82, 2.24) is 0 Å². The molecule has 96 valence electrons. The van der Waals surface area contributed by atoms with Gasteiger partial charge < -0.3 is 0 Å². The van der Waals surface area contributed by atoms with Gasteiger partial charge in [0.1, 0.15) is 0 Å². The molecular weight excluding hydrogens is 269 g/mol. The highest BCUT2D eigenvalue weighted by molar-refractivity contribution is 7.22. The minimum Gasteiger partial charge on any atom is -0.166 e. The van der Waals surface area contributed by atoms with Crippen LogP contribution in [0, 0.1) is 0 Å². The number of alkyl halides is 3. The van der Waals surface area contributed by atoms with Crippen molar-refractivity contribution in [3.63, 3.8) is 0 Å². The Morgan fingerprint density at radius 1 is 0.842 bits per heavy atom. The maximum absolute atomic E-state index is 12.5. The summed E-state index contributed by atoms with van der Waals surface area (Å²) in [5, 5.41) is 1.11. The van der Waals surface area contributed by atoms with Crippen LogP contribution >= 0.6 is 11.3 Å². The Kier molecular flexibility index (Phi) is 2.82. The molecule has 0 N–H and O–H groups in total. The molecule has 0 saturated heterocycles. The molecule has 19 heavy (non-hydrogen) atoms. The van der Waals surface area contributed by atoms with Crippen molar-refractivity contribution in [3.05, 3.63) is 60.2 Å². The summed E-state index contributed by atoms with van der Waals surface area (Å²) in [5.41, 5.74) is 0.201. The van der Waals surface area contributed by atoms with Gasteiger partial charge in [0.15, 0.2) is 0 Å². The van der Waals surface area contributed by atoms with Crippen LogP contribution in [0.3, 0.4) is 0 Å². The largest absolute Gasteiger partial charge is 0.416 e. The second-order valence-corrected chi connectivity index (χ2v) is 5.31. The average Bonchev–Trinajstić information content (AvgIpc) is 2.81. The Balaban J connectivity index is 2.02. The number of thiophene rings is 1. The van der Waals surface area contributed by atoms with E-state index in [0.29, 0.717) is 0 Å². The molecule has 0 bridgehead atoms. The number of fused-ring (bicyclic) bond motifs is 1. The summed E-state index contributed by atoms with van der Waals surface area (Å²) in [6, 6.07) is 15.2. The first kappa shape index (κ1) is 12.2. The van der Waals surface area contributed by atoms with Gasteiger partial charge in [-0.25, -0.2) is 0 Å². The van der Waals surface area contributed by atoms with Crippen LogP contribution in [-0.2, 0) is 6.18 Å². The van der Waals surface area contributed by atoms with Crippen LogP contribution in [0.5, 0.6) is 0 Å². The minimum atomic E-state index is -4.28. The van der Waals surface area contributed by atoms with Gasteiger partial charge in [0.25, 0.3) is 0 Å². The molecule has 0 aliphatic heterocycles. The summed E-state index contributed by atoms with van der Waals surface area (Å²) in [5.74, 6) is 0. The average molecular weight is 278 g/mol. The first-order chi connectivity index (χ1) is 9.04. The summed E-state index contributed by atoms with van der Waals surface area (Å²) in [6.45, 7) is 0. The number of hydrogen-bond donors (Lipinski definition) is 0. The van der Waals surface area contributed by atoms with Crippen molar-refractivity contribution >= 4 is 21.4 Å². The van der Waals surface area contributed by atoms with E-state index in [1.807, 2.05) is 30.3 Å². The third-order valence-electron chi connectivity index (χ3n) is 2.92. The topological polar surface area (TPSA) is 0 Å². The van der Waals surface area contributed by atoms with E-state index in [-0.39, 0.29) is 0 Å². The van der Waals surface area contributed by atoms with Gasteiger partial charge in [0.05, 0.1) is 5.56 Å². The molecule has 0 unspecified atom stereocenters. The Hall–Kier alpha value is -1.81. The molecule has 0 radical (unpaired) electrons. The fourth-order valence-corrected chi connectivity index (χ4v) is 3.02. The first-order valence-electron chi connectivity index (χ1n) is 5.70. The summed E-state index contributed by atoms with van der Waals surface area (Å²) in [4.78, 5) is 0.981. The summed E-state index contributed by atoms with van der Waals surface area (Å²) in [6.07, 6.45) is -4.28. The van der Waals surface area contributed by atoms with Crippen LogP contribution in [0.1, 0.15) is 5.56 Å². The molecule has 0 amide bonds. The predicted octanol–water partition coefficient (Wildman–Crippen LogP) is 5.59. The Labute approximate surface area is 112 Å². The normalized spacial score (nSPS) is 11.9. The van der Waals surface area contributed by atoms with Crippen LogP contribution in [-0.4, -0.2) is 0 Å². The molecule has 0 spiro atoms. The van der Waals surface area contributed by atoms with Crippen molar-refractivity contribution < 1.29 is 13.2 Å². The van der Waals surface area contributed by atoms with Crippen molar-refractivity contribution in [3.8, 4) is 10.4 Å². The van der Waals surface area contributed by atoms with Crippen LogP contribution < -0.4 is 0 Å². The predicted molar refractivity (Wildman–Crippen MR) is 72.3 cm³/mol. The Morgan fingerprint density at radius 3 is 2.16 bits per heavy atom. The molecule has 0 nitrogen and oxygen atoms in total. The SMILES string of the molecule is FC(F)(F)c1ccc(-c2cc3ccccc3s2)cc1. The summed E-state index contributed by atoms with van der Waals surface area (Å²) >= 11 is 1.58. The molecule has 1 aromatic heterocycles. The lowest BCUT2D eigenvalue weighted by Crippen LogP contribution is -2.03. The molecule has 1 heterocycles. The van der Waals surface area contributed by atoms with Crippen LogP contribution in [0.25, 0.3) is 20.5 Å². The van der Waals surface area contributed by atoms with Gasteiger partial charge in [-0.2, -0.15) is 13.2 Å². The zero-order chi connectivity index (χ0) is 13.5. The lowest BCUT2D eigenvalue weighted by Gasteiger charge is -2.06. The highest BCUT2D eigenvalue weighted by Gasteiger charge is 2.29. The zero-order valence-corrected chi connectivity index (χ0v) is 10.6. The molecule has 0 saturated carbocycles. The van der Waals surface area contributed by atoms with Crippen LogP contribution in [0.15, 0.2) is 54.6 Å². The lowest BCUT2D eigenvalue weighted by atomic mass is 10.1. The van der Waals surface area contributed by atoms with Crippen molar-refractivity contribution in [2.75, 3.05) is 0 Å². The highest BCUT2D eigenvalue weighted by Crippen LogP contribution is 2.35. The van der Waals surface area contributed by atoms with Crippen molar-refractivity contribution in [1.29, 1.82) is 0 Å². The third-order valence-corrected chi connectivity index (χ3v) is 4.09. The van der Waals surface area contributed by atoms with Gasteiger partial charge in [-0.05, 0) is 35.2 Å². The van der Waals surface area contributed by atoms with E-state index in [1.54, 1.807) is 11.3 Å². The minimum absolute atomic E-state index is 0.614. The third kappa shape index (κ3) is 2.36. The zero-order valence-electron chi connectivity index (χ0n) is 9.74. The second-order valence-electron chi connectivity index (χ2n) is 4.22. The van der Waals surface area contributed by atoms with E-state index in [4.69, 9.17) is 0 Å². The first-order valence-corrected chi connectivity index (χ1v) is 6.52. The van der Waals surface area contributed by atoms with Gasteiger partial charge >= 0.3 is 6.18 Å². The molecule has 0 atom stereocenters. The fourth-order valence-electron chi connectivity index (χ4n) is 1.95. The van der Waals surface area contributed by atoms with E-state index in [0.717, 1.165) is 32.7 Å². The molecule has 2 aromatic carbocycles. The van der Waals surface area contributed by atoms with Gasteiger partial charge in [0, 0.05) is 9.58 Å². The number of hydrogen-bond acceptors (Lipinski definition) is 1. The Morgan fingerprint density at radius 2 is 1.53 bits per heavy atom. The molecule has 3 aromatic rings. The van der Waals surface area contributed by atoms with E-state index in [9.17, 15) is 13.2 Å². The monoisotopic (exact) mass is 278 g/mol. The van der Waals surface area contributed by atoms with Crippen LogP contribution in [0.2, 0.25) is 0 Å². The summed E-state index contributed by atoms with van der Waals surface area (Å²) in [7, 11) is 0. The molecule has 0 aliphatic carbocycles. The van der Waals surface area contributed by atoms with E-state index in [1.165, 1.54) is 12.1 Å². The lowest BCUT2D eigenvalue weighted by molar-refractivity contribution is -0.137. The van der Waals surface area contributed by atoms with Crippen molar-refractivity contribution in [2.24, 2.45) is 0 Å². The smallest absolute Gasteiger partial charge is 0.166 e. The van der Waals surface area contributed by atoms with Gasteiger partial charge in [-0.3, -0.25) is 0 Å². The molecule has 0 aliphatic rings. The van der Waals surface area contributed by atoms with Crippen molar-refractivity contribution in [2.45, 2.75) is 6.18 Å². The molecular formula is C15H9F3S. The van der Waals surface area contributed by atoms with Gasteiger partial charge in [0.2, 0.25) is 0 Å². The fraction of sp³-hybridized carbons (Fsp3) is 0.0667. The van der Waals surface area contributed by atoms with E-state index < -0.39 is 11.7 Å². The highest BCUT2D eigenvalue weighted by atomic mass is 32.1. The Bertz CT molecular complexity index is 675. The maximum atomic E-state index is 12.5. The maximum Gasteiger partial charge on any atom is 0.416 e. The molecule has 3 rings (SSSR count). The summed E-state index contributed by atoms with van der Waals surface area (Å²) < 4.78 is 38.6. The molecule has 0 fully saturated rings. The standard InChI is InChI=1S/C15H9F3S/c16-15(17,18)12-7-5-10(6-8-12)14-9-11-3-1-2-4-13(11)19-14/h1-9H. The number of halogens is 3. The number of benzene rings is 2.